The van der Waals surface area contributed by atoms with Gasteiger partial charge in [-0.2, -0.15) is 0 Å². The standard InChI is InChI=1S/C18H23N3O2/c1-4-14-11-17(23-20-14)16-9-6-10-21(16)18(22)19-15-8-5-7-12(2)13(15)3/h5,7-8,11,16H,4,6,9-10H2,1-3H3,(H,19,22)/t16-/m1/s1. The fraction of sp³-hybridized carbons (Fsp3) is 0.444. The summed E-state index contributed by atoms with van der Waals surface area (Å²) in [5.41, 5.74) is 4.07. The van der Waals surface area contributed by atoms with Gasteiger partial charge in [0.2, 0.25) is 0 Å². The highest BCUT2D eigenvalue weighted by Crippen LogP contribution is 2.33. The maximum Gasteiger partial charge on any atom is 0.322 e. The van der Waals surface area contributed by atoms with Gasteiger partial charge in [-0.1, -0.05) is 24.2 Å². The van der Waals surface area contributed by atoms with Crippen molar-refractivity contribution in [3.05, 3.63) is 46.8 Å². The summed E-state index contributed by atoms with van der Waals surface area (Å²) in [6.07, 6.45) is 2.73. The molecule has 2 amide bonds. The van der Waals surface area contributed by atoms with E-state index in [2.05, 4.69) is 10.5 Å². The van der Waals surface area contributed by atoms with Crippen LogP contribution in [0.25, 0.3) is 0 Å². The monoisotopic (exact) mass is 313 g/mol. The van der Waals surface area contributed by atoms with Crippen LogP contribution in [0.15, 0.2) is 28.8 Å². The number of likely N-dealkylation sites (tertiary alicyclic amines) is 1. The lowest BCUT2D eigenvalue weighted by Gasteiger charge is -2.23. The molecule has 2 heterocycles. The smallest absolute Gasteiger partial charge is 0.322 e. The first-order valence-electron chi connectivity index (χ1n) is 8.19. The highest BCUT2D eigenvalue weighted by atomic mass is 16.5. The number of urea groups is 1. The number of aromatic nitrogens is 1. The number of aryl methyl sites for hydroxylation is 2. The zero-order valence-corrected chi connectivity index (χ0v) is 13.9. The first-order chi connectivity index (χ1) is 11.1. The summed E-state index contributed by atoms with van der Waals surface area (Å²) in [5.74, 6) is 0.787. The number of nitrogens with zero attached hydrogens (tertiary/aromatic N) is 2. The van der Waals surface area contributed by atoms with E-state index in [1.54, 1.807) is 0 Å². The van der Waals surface area contributed by atoms with Gasteiger partial charge >= 0.3 is 6.03 Å². The quantitative estimate of drug-likeness (QED) is 0.923. The van der Waals surface area contributed by atoms with Crippen molar-refractivity contribution >= 4 is 11.7 Å². The van der Waals surface area contributed by atoms with Gasteiger partial charge in [-0.3, -0.25) is 0 Å². The third-order valence-corrected chi connectivity index (χ3v) is 4.63. The zero-order valence-electron chi connectivity index (χ0n) is 13.9. The van der Waals surface area contributed by atoms with E-state index in [0.717, 1.165) is 48.5 Å². The van der Waals surface area contributed by atoms with Crippen LogP contribution in [-0.4, -0.2) is 22.6 Å². The molecule has 2 aromatic rings. The van der Waals surface area contributed by atoms with Crippen molar-refractivity contribution in [3.63, 3.8) is 0 Å². The summed E-state index contributed by atoms with van der Waals surface area (Å²) in [6.45, 7) is 6.85. The molecule has 1 N–H and O–H groups in total. The molecule has 23 heavy (non-hydrogen) atoms. The molecule has 0 aliphatic carbocycles. The molecule has 1 aliphatic heterocycles. The number of carbonyl (C=O) groups excluding carboxylic acids is 1. The first kappa shape index (κ1) is 15.6. The van der Waals surface area contributed by atoms with Gasteiger partial charge in [0.25, 0.3) is 0 Å². The zero-order chi connectivity index (χ0) is 16.4. The Hall–Kier alpha value is -2.30. The highest BCUT2D eigenvalue weighted by Gasteiger charge is 2.33. The van der Waals surface area contributed by atoms with Crippen LogP contribution in [0, 0.1) is 13.8 Å². The molecular formula is C18H23N3O2. The minimum atomic E-state index is -0.0735. The largest absolute Gasteiger partial charge is 0.359 e. The topological polar surface area (TPSA) is 58.4 Å². The van der Waals surface area contributed by atoms with Gasteiger partial charge in [-0.25, -0.2) is 4.79 Å². The van der Waals surface area contributed by atoms with Crippen LogP contribution in [0.4, 0.5) is 10.5 Å². The summed E-state index contributed by atoms with van der Waals surface area (Å²) in [7, 11) is 0. The number of nitrogens with one attached hydrogen (secondary N) is 1. The Morgan fingerprint density at radius 2 is 2.26 bits per heavy atom. The van der Waals surface area contributed by atoms with Gasteiger partial charge in [0, 0.05) is 18.3 Å². The van der Waals surface area contributed by atoms with E-state index >= 15 is 0 Å². The molecule has 0 bridgehead atoms. The molecule has 1 fully saturated rings. The van der Waals surface area contributed by atoms with E-state index in [9.17, 15) is 4.79 Å². The molecule has 122 valence electrons. The first-order valence-corrected chi connectivity index (χ1v) is 8.19. The second-order valence-corrected chi connectivity index (χ2v) is 6.10. The van der Waals surface area contributed by atoms with Crippen molar-refractivity contribution in [1.29, 1.82) is 0 Å². The van der Waals surface area contributed by atoms with Crippen molar-refractivity contribution < 1.29 is 9.32 Å². The molecule has 0 radical (unpaired) electrons. The average Bonchev–Trinajstić information content (AvgIpc) is 3.19. The molecule has 1 atom stereocenters. The van der Waals surface area contributed by atoms with Gasteiger partial charge in [-0.05, 0) is 50.3 Å². The number of amides is 2. The predicted molar refractivity (Wildman–Crippen MR) is 89.5 cm³/mol. The summed E-state index contributed by atoms with van der Waals surface area (Å²) >= 11 is 0. The molecule has 0 saturated carbocycles. The molecule has 1 aliphatic rings. The maximum atomic E-state index is 12.7. The predicted octanol–water partition coefficient (Wildman–Crippen LogP) is 4.22. The van der Waals surface area contributed by atoms with E-state index in [-0.39, 0.29) is 12.1 Å². The third kappa shape index (κ3) is 3.09. The molecule has 1 aromatic heterocycles. The summed E-state index contributed by atoms with van der Waals surface area (Å²) in [5, 5.41) is 7.09. The van der Waals surface area contributed by atoms with E-state index in [0.29, 0.717) is 0 Å². The summed E-state index contributed by atoms with van der Waals surface area (Å²) in [6, 6.07) is 7.82. The number of carbonyl (C=O) groups is 1. The second kappa shape index (κ2) is 6.44. The lowest BCUT2D eigenvalue weighted by atomic mass is 10.1. The van der Waals surface area contributed by atoms with Crippen molar-refractivity contribution in [3.8, 4) is 0 Å². The molecule has 1 saturated heterocycles. The Morgan fingerprint density at radius 3 is 3.00 bits per heavy atom. The minimum absolute atomic E-state index is 0.0204. The number of hydrogen-bond acceptors (Lipinski definition) is 3. The molecule has 0 unspecified atom stereocenters. The normalized spacial score (nSPS) is 17.5. The number of anilines is 1. The summed E-state index contributed by atoms with van der Waals surface area (Å²) < 4.78 is 5.44. The number of hydrogen-bond donors (Lipinski definition) is 1. The van der Waals surface area contributed by atoms with Gasteiger partial charge in [0.15, 0.2) is 5.76 Å². The highest BCUT2D eigenvalue weighted by molar-refractivity contribution is 5.90. The van der Waals surface area contributed by atoms with Crippen molar-refractivity contribution in [2.75, 3.05) is 11.9 Å². The summed E-state index contributed by atoms with van der Waals surface area (Å²) in [4.78, 5) is 14.5. The third-order valence-electron chi connectivity index (χ3n) is 4.63. The van der Waals surface area contributed by atoms with E-state index in [1.807, 2.05) is 49.9 Å². The van der Waals surface area contributed by atoms with Gasteiger partial charge in [-0.15, -0.1) is 0 Å². The Labute approximate surface area is 136 Å². The Balaban J connectivity index is 1.76. The molecule has 5 heteroatoms. The van der Waals surface area contributed by atoms with Crippen LogP contribution in [0.3, 0.4) is 0 Å². The second-order valence-electron chi connectivity index (χ2n) is 6.10. The molecular weight excluding hydrogens is 290 g/mol. The Bertz CT molecular complexity index is 708. The molecule has 0 spiro atoms. The van der Waals surface area contributed by atoms with Gasteiger partial charge < -0.3 is 14.7 Å². The van der Waals surface area contributed by atoms with E-state index < -0.39 is 0 Å². The van der Waals surface area contributed by atoms with E-state index in [1.165, 1.54) is 5.56 Å². The molecule has 3 rings (SSSR count). The van der Waals surface area contributed by atoms with Crippen LogP contribution in [0.5, 0.6) is 0 Å². The van der Waals surface area contributed by atoms with Crippen LogP contribution in [0.2, 0.25) is 0 Å². The minimum Gasteiger partial charge on any atom is -0.359 e. The SMILES string of the molecule is CCc1cc([C@H]2CCCN2C(=O)Nc2cccc(C)c2C)on1. The van der Waals surface area contributed by atoms with Crippen molar-refractivity contribution in [2.45, 2.75) is 46.1 Å². The van der Waals surface area contributed by atoms with Crippen molar-refractivity contribution in [1.82, 2.24) is 10.1 Å². The number of benzene rings is 1. The Morgan fingerprint density at radius 1 is 1.43 bits per heavy atom. The fourth-order valence-electron chi connectivity index (χ4n) is 3.03. The fourth-order valence-corrected chi connectivity index (χ4v) is 3.03. The lowest BCUT2D eigenvalue weighted by molar-refractivity contribution is 0.195. The van der Waals surface area contributed by atoms with Crippen LogP contribution < -0.4 is 5.32 Å². The molecule has 1 aromatic carbocycles. The van der Waals surface area contributed by atoms with Crippen molar-refractivity contribution in [2.24, 2.45) is 0 Å². The lowest BCUT2D eigenvalue weighted by Crippen LogP contribution is -2.34. The van der Waals surface area contributed by atoms with Crippen LogP contribution in [-0.2, 0) is 6.42 Å². The van der Waals surface area contributed by atoms with Gasteiger partial charge in [0.05, 0.1) is 11.7 Å². The van der Waals surface area contributed by atoms with E-state index in [4.69, 9.17) is 4.52 Å². The van der Waals surface area contributed by atoms with Crippen LogP contribution >= 0.6 is 0 Å². The van der Waals surface area contributed by atoms with Gasteiger partial charge in [0.1, 0.15) is 0 Å². The Kier molecular flexibility index (Phi) is 4.37. The average molecular weight is 313 g/mol. The van der Waals surface area contributed by atoms with Crippen LogP contribution in [0.1, 0.15) is 48.4 Å². The maximum absolute atomic E-state index is 12.7. The number of rotatable bonds is 3. The molecule has 5 nitrogen and oxygen atoms in total.